The molecule has 2 fully saturated rings. The van der Waals surface area contributed by atoms with Gasteiger partial charge in [-0.1, -0.05) is 65.2 Å². The van der Waals surface area contributed by atoms with Gasteiger partial charge in [0.05, 0.1) is 13.1 Å². The molecule has 2 aliphatic heterocycles. The minimum absolute atomic E-state index is 0.0491. The number of carbonyl (C=O) groups is 10. The molecule has 4 unspecified atom stereocenters. The van der Waals surface area contributed by atoms with Crippen LogP contribution in [-0.2, 0) is 47.9 Å². The number of hydrogen-bond donors (Lipinski definition) is 7. The molecule has 0 radical (unpaired) electrons. The number of carbonyl (C=O) groups excluding carboxylic acids is 10. The number of rotatable bonds is 32. The molecule has 0 aromatic heterocycles. The molecular formula is C52H93N11O10. The topological polar surface area (TPSA) is 268 Å². The lowest BCUT2D eigenvalue weighted by Crippen LogP contribution is -2.63. The SMILES string of the molecule is CCCCCCCCC(NC(=O)C1CCCN1C(=O)CCCCC)C(=O)NCC(=O)N(C(C)C)C(C)(C)C(=O)NC1CC(C)N(CC(=O)NC(C)(C)C(=O)NC(C)(C)C(=O)NCCC(=O)NCCN(C)C)C1=O. The highest BCUT2D eigenvalue weighted by atomic mass is 16.2. The van der Waals surface area contributed by atoms with Crippen molar-refractivity contribution in [2.75, 3.05) is 53.4 Å². The smallest absolute Gasteiger partial charge is 0.246 e. The van der Waals surface area contributed by atoms with E-state index in [2.05, 4.69) is 51.1 Å². The zero-order valence-electron chi connectivity index (χ0n) is 46.6. The van der Waals surface area contributed by atoms with Crippen molar-refractivity contribution in [3.05, 3.63) is 0 Å². The molecule has 21 nitrogen and oxygen atoms in total. The Labute approximate surface area is 435 Å². The van der Waals surface area contributed by atoms with Gasteiger partial charge in [-0.05, 0) is 109 Å². The Hall–Kier alpha value is -5.34. The summed E-state index contributed by atoms with van der Waals surface area (Å²) >= 11 is 0. The standard InChI is InChI=1S/C52H93N11O10/c1-14-16-18-19-20-22-24-37(56-45(69)39-25-23-30-61(39)42(66)26-21-17-15-2)44(68)55-33-43(67)63(35(3)4)52(10,11)49(73)57-38-32-36(5)62(46(38)70)34-41(65)58-51(8,9)48(72)59-50(6,7)47(71)54-28-27-40(64)53-29-31-60(12)13/h35-39H,14-34H2,1-13H3,(H,53,64)(H,54,71)(H,55,68)(H,56,69)(H,57,73)(H,58,65)(H,59,72). The first kappa shape index (κ1) is 63.8. The highest BCUT2D eigenvalue weighted by Gasteiger charge is 2.45. The van der Waals surface area contributed by atoms with Crippen LogP contribution in [0.4, 0.5) is 0 Å². The molecule has 2 heterocycles. The summed E-state index contributed by atoms with van der Waals surface area (Å²) < 4.78 is 0. The molecule has 73 heavy (non-hydrogen) atoms. The van der Waals surface area contributed by atoms with E-state index in [4.69, 9.17) is 0 Å². The van der Waals surface area contributed by atoms with E-state index in [1.165, 1.54) is 37.5 Å². The van der Waals surface area contributed by atoms with Crippen LogP contribution >= 0.6 is 0 Å². The van der Waals surface area contributed by atoms with Crippen molar-refractivity contribution in [2.45, 2.75) is 219 Å². The molecular weight excluding hydrogens is 939 g/mol. The normalized spacial score (nSPS) is 17.5. The molecule has 21 heteroatoms. The van der Waals surface area contributed by atoms with E-state index < -0.39 is 107 Å². The van der Waals surface area contributed by atoms with Gasteiger partial charge in [-0.25, -0.2) is 0 Å². The fourth-order valence-electron chi connectivity index (χ4n) is 9.19. The summed E-state index contributed by atoms with van der Waals surface area (Å²) in [4.78, 5) is 141. The maximum atomic E-state index is 14.1. The molecule has 7 N–H and O–H groups in total. The lowest BCUT2D eigenvalue weighted by atomic mass is 9.98. The van der Waals surface area contributed by atoms with Crippen molar-refractivity contribution >= 4 is 59.1 Å². The quantitative estimate of drug-likeness (QED) is 0.0479. The van der Waals surface area contributed by atoms with Crippen LogP contribution in [0.3, 0.4) is 0 Å². The van der Waals surface area contributed by atoms with Crippen LogP contribution in [0.25, 0.3) is 0 Å². The molecule has 0 bridgehead atoms. The van der Waals surface area contributed by atoms with Crippen molar-refractivity contribution in [1.29, 1.82) is 0 Å². The van der Waals surface area contributed by atoms with E-state index in [1.54, 1.807) is 39.5 Å². The van der Waals surface area contributed by atoms with E-state index in [0.29, 0.717) is 51.7 Å². The van der Waals surface area contributed by atoms with Gasteiger partial charge >= 0.3 is 0 Å². The van der Waals surface area contributed by atoms with Crippen molar-refractivity contribution < 1.29 is 47.9 Å². The zero-order chi connectivity index (χ0) is 55.3. The van der Waals surface area contributed by atoms with Crippen LogP contribution in [0.15, 0.2) is 0 Å². The monoisotopic (exact) mass is 1030 g/mol. The van der Waals surface area contributed by atoms with Gasteiger partial charge in [0.25, 0.3) is 0 Å². The van der Waals surface area contributed by atoms with Gasteiger partial charge in [0.2, 0.25) is 59.1 Å². The Morgan fingerprint density at radius 1 is 0.726 bits per heavy atom. The predicted molar refractivity (Wildman–Crippen MR) is 279 cm³/mol. The first-order chi connectivity index (χ1) is 34.1. The number of hydrogen-bond acceptors (Lipinski definition) is 11. The molecule has 0 aromatic rings. The number of amides is 10. The summed E-state index contributed by atoms with van der Waals surface area (Å²) in [7, 11) is 3.77. The maximum absolute atomic E-state index is 14.1. The Morgan fingerprint density at radius 3 is 1.97 bits per heavy atom. The maximum Gasteiger partial charge on any atom is 0.246 e. The molecule has 416 valence electrons. The summed E-state index contributed by atoms with van der Waals surface area (Å²) in [6.07, 6.45) is 10.5. The van der Waals surface area contributed by atoms with Gasteiger partial charge in [-0.15, -0.1) is 0 Å². The average Bonchev–Trinajstić information content (AvgIpc) is 3.89. The highest BCUT2D eigenvalue weighted by Crippen LogP contribution is 2.24. The fourth-order valence-corrected chi connectivity index (χ4v) is 9.19. The number of nitrogens with zero attached hydrogens (tertiary/aromatic N) is 4. The minimum Gasteiger partial charge on any atom is -0.355 e. The summed E-state index contributed by atoms with van der Waals surface area (Å²) in [5, 5.41) is 19.1. The van der Waals surface area contributed by atoms with Crippen molar-refractivity contribution in [1.82, 2.24) is 56.8 Å². The highest BCUT2D eigenvalue weighted by molar-refractivity contribution is 5.99. The molecule has 2 saturated heterocycles. The Bertz CT molecular complexity index is 1900. The lowest BCUT2D eigenvalue weighted by Gasteiger charge is -2.40. The molecule has 10 amide bonds. The summed E-state index contributed by atoms with van der Waals surface area (Å²) in [5.41, 5.74) is -4.45. The summed E-state index contributed by atoms with van der Waals surface area (Å²) in [5.74, 6) is -4.83. The fraction of sp³-hybridized carbons (Fsp3) is 0.808. The minimum atomic E-state index is -1.52. The zero-order valence-corrected chi connectivity index (χ0v) is 46.6. The Kier molecular flexibility index (Phi) is 26.3. The number of likely N-dealkylation sites (tertiary alicyclic amines) is 2. The van der Waals surface area contributed by atoms with Crippen molar-refractivity contribution in [2.24, 2.45) is 0 Å². The van der Waals surface area contributed by atoms with Crippen LogP contribution < -0.4 is 37.2 Å². The molecule has 0 spiro atoms. The number of likely N-dealkylation sites (N-methyl/N-ethyl adjacent to an activating group) is 1. The van der Waals surface area contributed by atoms with E-state index in [-0.39, 0.29) is 31.2 Å². The molecule has 0 aromatic carbocycles. The second kappa shape index (κ2) is 30.1. The van der Waals surface area contributed by atoms with Gasteiger partial charge in [0, 0.05) is 51.1 Å². The molecule has 0 aliphatic carbocycles. The van der Waals surface area contributed by atoms with Crippen molar-refractivity contribution in [3.63, 3.8) is 0 Å². The van der Waals surface area contributed by atoms with Crippen LogP contribution in [-0.4, -0.2) is 179 Å². The summed E-state index contributed by atoms with van der Waals surface area (Å²) in [6.45, 7) is 19.1. The predicted octanol–water partition coefficient (Wildman–Crippen LogP) is 2.00. The largest absolute Gasteiger partial charge is 0.355 e. The number of nitrogens with one attached hydrogen (secondary N) is 7. The van der Waals surface area contributed by atoms with Crippen LogP contribution in [0, 0.1) is 0 Å². The third-order valence-corrected chi connectivity index (χ3v) is 13.5. The first-order valence-electron chi connectivity index (χ1n) is 26.8. The second-order valence-corrected chi connectivity index (χ2v) is 21.9. The third kappa shape index (κ3) is 20.5. The molecule has 0 saturated carbocycles. The summed E-state index contributed by atoms with van der Waals surface area (Å²) in [6, 6.07) is -3.67. The van der Waals surface area contributed by atoms with Gasteiger partial charge in [0.1, 0.15) is 34.7 Å². The van der Waals surface area contributed by atoms with E-state index in [9.17, 15) is 47.9 Å². The van der Waals surface area contributed by atoms with Crippen LogP contribution in [0.2, 0.25) is 0 Å². The van der Waals surface area contributed by atoms with Gasteiger partial charge < -0.3 is 56.8 Å². The Balaban J connectivity index is 2.06. The van der Waals surface area contributed by atoms with E-state index in [0.717, 1.165) is 51.4 Å². The third-order valence-electron chi connectivity index (χ3n) is 13.5. The Morgan fingerprint density at radius 2 is 1.34 bits per heavy atom. The van der Waals surface area contributed by atoms with Crippen LogP contribution in [0.1, 0.15) is 172 Å². The first-order valence-corrected chi connectivity index (χ1v) is 26.8. The second-order valence-electron chi connectivity index (χ2n) is 21.9. The van der Waals surface area contributed by atoms with E-state index >= 15 is 0 Å². The van der Waals surface area contributed by atoms with Gasteiger partial charge in [-0.3, -0.25) is 47.9 Å². The molecule has 2 aliphatic rings. The van der Waals surface area contributed by atoms with Crippen LogP contribution in [0.5, 0.6) is 0 Å². The van der Waals surface area contributed by atoms with E-state index in [1.807, 2.05) is 19.0 Å². The van der Waals surface area contributed by atoms with Gasteiger partial charge in [0.15, 0.2) is 0 Å². The van der Waals surface area contributed by atoms with Gasteiger partial charge in [-0.2, -0.15) is 0 Å². The lowest BCUT2D eigenvalue weighted by molar-refractivity contribution is -0.149. The molecule has 2 rings (SSSR count). The number of unbranched alkanes of at least 4 members (excludes halogenated alkanes) is 7. The van der Waals surface area contributed by atoms with Crippen molar-refractivity contribution in [3.8, 4) is 0 Å². The molecule has 4 atom stereocenters. The average molecular weight is 1030 g/mol.